The fourth-order valence-electron chi connectivity index (χ4n) is 2.29. The standard InChI is InChI=1S/C19H22ClNO2/c1-2-18(23-17-12-6-11-16(20)14-17)19(22)21-13-7-10-15-8-4-3-5-9-15/h3-6,8-9,11-12,14,18H,2,7,10,13H2,1H3,(H,21,22)/t18-/m1/s1. The second-order valence-corrected chi connectivity index (χ2v) is 5.79. The number of carbonyl (C=O) groups is 1. The van der Waals surface area contributed by atoms with E-state index in [1.165, 1.54) is 5.56 Å². The highest BCUT2D eigenvalue weighted by Gasteiger charge is 2.17. The van der Waals surface area contributed by atoms with Crippen LogP contribution in [0.1, 0.15) is 25.3 Å². The van der Waals surface area contributed by atoms with Gasteiger partial charge in [-0.2, -0.15) is 0 Å². The molecule has 3 nitrogen and oxygen atoms in total. The van der Waals surface area contributed by atoms with Crippen LogP contribution < -0.4 is 10.1 Å². The maximum Gasteiger partial charge on any atom is 0.261 e. The summed E-state index contributed by atoms with van der Waals surface area (Å²) in [5.74, 6) is 0.532. The minimum absolute atomic E-state index is 0.0828. The van der Waals surface area contributed by atoms with Crippen LogP contribution in [-0.2, 0) is 11.2 Å². The topological polar surface area (TPSA) is 38.3 Å². The molecule has 1 N–H and O–H groups in total. The lowest BCUT2D eigenvalue weighted by Crippen LogP contribution is -2.38. The fourth-order valence-corrected chi connectivity index (χ4v) is 2.47. The molecule has 1 atom stereocenters. The largest absolute Gasteiger partial charge is 0.481 e. The van der Waals surface area contributed by atoms with Crippen molar-refractivity contribution in [3.63, 3.8) is 0 Å². The smallest absolute Gasteiger partial charge is 0.261 e. The molecule has 0 spiro atoms. The minimum Gasteiger partial charge on any atom is -0.481 e. The van der Waals surface area contributed by atoms with Crippen molar-refractivity contribution >= 4 is 17.5 Å². The van der Waals surface area contributed by atoms with E-state index in [2.05, 4.69) is 17.4 Å². The molecule has 0 saturated heterocycles. The van der Waals surface area contributed by atoms with Crippen molar-refractivity contribution in [2.75, 3.05) is 6.54 Å². The van der Waals surface area contributed by atoms with Crippen molar-refractivity contribution in [3.05, 3.63) is 65.2 Å². The van der Waals surface area contributed by atoms with Gasteiger partial charge in [0.2, 0.25) is 0 Å². The molecule has 23 heavy (non-hydrogen) atoms. The first-order valence-corrected chi connectivity index (χ1v) is 8.30. The van der Waals surface area contributed by atoms with E-state index in [9.17, 15) is 4.79 Å². The summed E-state index contributed by atoms with van der Waals surface area (Å²) in [6, 6.07) is 17.4. The van der Waals surface area contributed by atoms with E-state index in [0.29, 0.717) is 23.7 Å². The monoisotopic (exact) mass is 331 g/mol. The Morgan fingerprint density at radius 2 is 1.96 bits per heavy atom. The first-order chi connectivity index (χ1) is 11.2. The fraction of sp³-hybridized carbons (Fsp3) is 0.316. The summed E-state index contributed by atoms with van der Waals surface area (Å²) < 4.78 is 5.73. The van der Waals surface area contributed by atoms with E-state index in [4.69, 9.17) is 16.3 Å². The van der Waals surface area contributed by atoms with Gasteiger partial charge in [0.1, 0.15) is 5.75 Å². The second kappa shape index (κ2) is 9.21. The first-order valence-electron chi connectivity index (χ1n) is 7.93. The summed E-state index contributed by atoms with van der Waals surface area (Å²) in [5.41, 5.74) is 1.28. The van der Waals surface area contributed by atoms with Gasteiger partial charge in [-0.25, -0.2) is 0 Å². The number of benzene rings is 2. The molecule has 1 amide bonds. The molecule has 2 aromatic rings. The summed E-state index contributed by atoms with van der Waals surface area (Å²) in [5, 5.41) is 3.54. The van der Waals surface area contributed by atoms with E-state index in [1.54, 1.807) is 18.2 Å². The number of carbonyl (C=O) groups excluding carboxylic acids is 1. The molecule has 122 valence electrons. The van der Waals surface area contributed by atoms with Gasteiger partial charge < -0.3 is 10.1 Å². The molecular weight excluding hydrogens is 310 g/mol. The van der Waals surface area contributed by atoms with Crippen LogP contribution in [0.5, 0.6) is 5.75 Å². The minimum atomic E-state index is -0.495. The van der Waals surface area contributed by atoms with E-state index < -0.39 is 6.10 Å². The van der Waals surface area contributed by atoms with Gasteiger partial charge in [-0.15, -0.1) is 0 Å². The van der Waals surface area contributed by atoms with Crippen molar-refractivity contribution < 1.29 is 9.53 Å². The Labute approximate surface area is 142 Å². The van der Waals surface area contributed by atoms with Crippen LogP contribution in [0.25, 0.3) is 0 Å². The molecule has 0 unspecified atom stereocenters. The molecule has 0 saturated carbocycles. The van der Waals surface area contributed by atoms with Crippen molar-refractivity contribution in [1.82, 2.24) is 5.32 Å². The molecular formula is C19H22ClNO2. The Hall–Kier alpha value is -2.00. The second-order valence-electron chi connectivity index (χ2n) is 5.35. The number of amides is 1. The molecule has 0 aliphatic heterocycles. The average molecular weight is 332 g/mol. The lowest BCUT2D eigenvalue weighted by atomic mass is 10.1. The summed E-state index contributed by atoms with van der Waals surface area (Å²) in [6.45, 7) is 2.57. The Morgan fingerprint density at radius 3 is 2.65 bits per heavy atom. The maximum absolute atomic E-state index is 12.2. The SMILES string of the molecule is CC[C@@H](Oc1cccc(Cl)c1)C(=O)NCCCc1ccccc1. The van der Waals surface area contributed by atoms with Gasteiger partial charge in [-0.3, -0.25) is 4.79 Å². The van der Waals surface area contributed by atoms with Gasteiger partial charge in [0, 0.05) is 11.6 Å². The van der Waals surface area contributed by atoms with Crippen LogP contribution >= 0.6 is 11.6 Å². The Morgan fingerprint density at radius 1 is 1.17 bits per heavy atom. The van der Waals surface area contributed by atoms with Crippen LogP contribution in [0, 0.1) is 0 Å². The molecule has 0 aliphatic rings. The molecule has 4 heteroatoms. The third-order valence-corrected chi connectivity index (χ3v) is 3.76. The zero-order valence-electron chi connectivity index (χ0n) is 13.3. The Balaban J connectivity index is 1.76. The van der Waals surface area contributed by atoms with Gasteiger partial charge >= 0.3 is 0 Å². The van der Waals surface area contributed by atoms with Crippen LogP contribution in [0.15, 0.2) is 54.6 Å². The highest BCUT2D eigenvalue weighted by molar-refractivity contribution is 6.30. The summed E-state index contributed by atoms with van der Waals surface area (Å²) in [7, 11) is 0. The summed E-state index contributed by atoms with van der Waals surface area (Å²) in [4.78, 5) is 12.2. The van der Waals surface area contributed by atoms with Crippen LogP contribution in [0.3, 0.4) is 0 Å². The summed E-state index contributed by atoms with van der Waals surface area (Å²) in [6.07, 6.45) is 1.97. The zero-order valence-corrected chi connectivity index (χ0v) is 14.1. The Kier molecular flexibility index (Phi) is 6.95. The predicted molar refractivity (Wildman–Crippen MR) is 93.9 cm³/mol. The predicted octanol–water partition coefficient (Wildman–Crippen LogP) is 4.25. The quantitative estimate of drug-likeness (QED) is 0.734. The van der Waals surface area contributed by atoms with Gasteiger partial charge in [0.25, 0.3) is 5.91 Å². The van der Waals surface area contributed by atoms with E-state index in [0.717, 1.165) is 12.8 Å². The molecule has 0 fully saturated rings. The molecule has 0 bridgehead atoms. The third kappa shape index (κ3) is 5.95. The number of hydrogen-bond acceptors (Lipinski definition) is 2. The number of ether oxygens (including phenoxy) is 1. The first kappa shape index (κ1) is 17.4. The van der Waals surface area contributed by atoms with Gasteiger partial charge in [0.15, 0.2) is 6.10 Å². The highest BCUT2D eigenvalue weighted by atomic mass is 35.5. The summed E-state index contributed by atoms with van der Waals surface area (Å²) >= 11 is 5.93. The highest BCUT2D eigenvalue weighted by Crippen LogP contribution is 2.19. The number of hydrogen-bond donors (Lipinski definition) is 1. The van der Waals surface area contributed by atoms with Crippen molar-refractivity contribution in [1.29, 1.82) is 0 Å². The van der Waals surface area contributed by atoms with Gasteiger partial charge in [0.05, 0.1) is 0 Å². The number of aryl methyl sites for hydroxylation is 1. The van der Waals surface area contributed by atoms with Crippen molar-refractivity contribution in [3.8, 4) is 5.75 Å². The average Bonchev–Trinajstić information content (AvgIpc) is 2.57. The lowest BCUT2D eigenvalue weighted by Gasteiger charge is -2.17. The van der Waals surface area contributed by atoms with Gasteiger partial charge in [-0.05, 0) is 43.0 Å². The maximum atomic E-state index is 12.2. The molecule has 0 radical (unpaired) electrons. The molecule has 2 rings (SSSR count). The molecule has 2 aromatic carbocycles. The van der Waals surface area contributed by atoms with Crippen LogP contribution in [0.2, 0.25) is 5.02 Å². The van der Waals surface area contributed by atoms with E-state index >= 15 is 0 Å². The van der Waals surface area contributed by atoms with Crippen molar-refractivity contribution in [2.24, 2.45) is 0 Å². The molecule has 0 aromatic heterocycles. The number of rotatable bonds is 8. The lowest BCUT2D eigenvalue weighted by molar-refractivity contribution is -0.128. The van der Waals surface area contributed by atoms with E-state index in [1.807, 2.05) is 31.2 Å². The van der Waals surface area contributed by atoms with Crippen LogP contribution in [0.4, 0.5) is 0 Å². The molecule has 0 heterocycles. The van der Waals surface area contributed by atoms with Gasteiger partial charge in [-0.1, -0.05) is 54.9 Å². The third-order valence-electron chi connectivity index (χ3n) is 3.52. The number of halogens is 1. The number of nitrogens with one attached hydrogen (secondary N) is 1. The normalized spacial score (nSPS) is 11.7. The van der Waals surface area contributed by atoms with Crippen molar-refractivity contribution in [2.45, 2.75) is 32.3 Å². The zero-order chi connectivity index (χ0) is 16.5. The Bertz CT molecular complexity index is 616. The van der Waals surface area contributed by atoms with Crippen LogP contribution in [-0.4, -0.2) is 18.6 Å². The van der Waals surface area contributed by atoms with E-state index in [-0.39, 0.29) is 5.91 Å². The molecule has 0 aliphatic carbocycles.